The van der Waals surface area contributed by atoms with Crippen molar-refractivity contribution in [3.05, 3.63) is 41.0 Å². The summed E-state index contributed by atoms with van der Waals surface area (Å²) in [4.78, 5) is 20.3. The second kappa shape index (κ2) is 10.4. The van der Waals surface area contributed by atoms with Gasteiger partial charge in [0.2, 0.25) is 5.91 Å². The summed E-state index contributed by atoms with van der Waals surface area (Å²) in [6, 6.07) is 7.24. The summed E-state index contributed by atoms with van der Waals surface area (Å²) >= 11 is 1.61. The molecule has 1 aliphatic rings. The topological polar surface area (TPSA) is 97.7 Å². The van der Waals surface area contributed by atoms with Gasteiger partial charge in [-0.05, 0) is 50.7 Å². The minimum atomic E-state index is -0.908. The lowest BCUT2D eigenvalue weighted by molar-refractivity contribution is -0.132. The Labute approximate surface area is 207 Å². The van der Waals surface area contributed by atoms with E-state index in [9.17, 15) is 15.0 Å². The van der Waals surface area contributed by atoms with Gasteiger partial charge >= 0.3 is 0 Å². The van der Waals surface area contributed by atoms with Crippen LogP contribution < -0.4 is 10.6 Å². The third-order valence-electron chi connectivity index (χ3n) is 6.21. The van der Waals surface area contributed by atoms with Crippen molar-refractivity contribution in [2.24, 2.45) is 5.41 Å². The first-order valence-corrected chi connectivity index (χ1v) is 12.8. The first-order valence-electron chi connectivity index (χ1n) is 11.9. The Balaban J connectivity index is 1.67. The van der Waals surface area contributed by atoms with Crippen LogP contribution >= 0.6 is 11.3 Å². The van der Waals surface area contributed by atoms with Crippen LogP contribution in [0.3, 0.4) is 0 Å². The standard InChI is InChI=1S/C26H40N4O3S/c1-16-21(34-15-28-16)18-10-8-17(9-11-18)13-27-23(32)20-12-19(31)14-30(20)24(33)22(25(2,3)4)29-26(5,6)7/h8-11,15,19-20,22,24,29,31,33H,12-14H2,1-7H3,(H,27,32)/t19-,20+,22-,24?/m0/s1. The zero-order valence-corrected chi connectivity index (χ0v) is 22.2. The number of rotatable bonds is 7. The Morgan fingerprint density at radius 2 is 1.85 bits per heavy atom. The fourth-order valence-electron chi connectivity index (χ4n) is 4.44. The summed E-state index contributed by atoms with van der Waals surface area (Å²) in [7, 11) is 0. The van der Waals surface area contributed by atoms with Gasteiger partial charge in [0.05, 0.1) is 34.3 Å². The van der Waals surface area contributed by atoms with Crippen molar-refractivity contribution in [1.82, 2.24) is 20.5 Å². The normalized spacial score (nSPS) is 21.4. The Morgan fingerprint density at radius 1 is 1.21 bits per heavy atom. The van der Waals surface area contributed by atoms with Gasteiger partial charge in [-0.2, -0.15) is 0 Å². The molecule has 4 atom stereocenters. The molecule has 7 nitrogen and oxygen atoms in total. The van der Waals surface area contributed by atoms with Gasteiger partial charge in [0.25, 0.3) is 0 Å². The SMILES string of the molecule is Cc1ncsc1-c1ccc(CNC(=O)[C@H]2C[C@H](O)CN2C(O)[C@H](NC(C)(C)C)C(C)(C)C)cc1. The monoisotopic (exact) mass is 488 g/mol. The van der Waals surface area contributed by atoms with E-state index in [2.05, 4.69) is 57.2 Å². The highest BCUT2D eigenvalue weighted by molar-refractivity contribution is 7.13. The van der Waals surface area contributed by atoms with E-state index in [-0.39, 0.29) is 29.4 Å². The Hall–Kier alpha value is -1.84. The number of aliphatic hydroxyl groups is 2. The van der Waals surface area contributed by atoms with Crippen molar-refractivity contribution >= 4 is 17.2 Å². The van der Waals surface area contributed by atoms with Crippen LogP contribution in [0.5, 0.6) is 0 Å². The maximum absolute atomic E-state index is 13.1. The molecule has 0 bridgehead atoms. The largest absolute Gasteiger partial charge is 0.392 e. The number of carbonyl (C=O) groups excluding carboxylic acids is 1. The summed E-state index contributed by atoms with van der Waals surface area (Å²) in [5, 5.41) is 28.2. The van der Waals surface area contributed by atoms with Crippen molar-refractivity contribution in [2.75, 3.05) is 6.54 Å². The minimum absolute atomic E-state index is 0.179. The molecule has 2 heterocycles. The van der Waals surface area contributed by atoms with E-state index >= 15 is 0 Å². The van der Waals surface area contributed by atoms with Crippen LogP contribution in [-0.2, 0) is 11.3 Å². The number of hydrogen-bond acceptors (Lipinski definition) is 7. The molecule has 2 aromatic rings. The summed E-state index contributed by atoms with van der Waals surface area (Å²) in [6.45, 7) is 15.0. The summed E-state index contributed by atoms with van der Waals surface area (Å²) < 4.78 is 0. The van der Waals surface area contributed by atoms with Gasteiger partial charge in [-0.25, -0.2) is 4.98 Å². The van der Waals surface area contributed by atoms with Crippen LogP contribution in [0.25, 0.3) is 10.4 Å². The van der Waals surface area contributed by atoms with E-state index in [0.717, 1.165) is 21.7 Å². The molecule has 1 aliphatic heterocycles. The highest BCUT2D eigenvalue weighted by atomic mass is 32.1. The van der Waals surface area contributed by atoms with Gasteiger partial charge in [0.15, 0.2) is 0 Å². The van der Waals surface area contributed by atoms with Crippen LogP contribution in [0.15, 0.2) is 29.8 Å². The van der Waals surface area contributed by atoms with Gasteiger partial charge in [-0.15, -0.1) is 11.3 Å². The van der Waals surface area contributed by atoms with Crippen LogP contribution in [0.1, 0.15) is 59.2 Å². The number of nitrogens with zero attached hydrogens (tertiary/aromatic N) is 2. The molecule has 34 heavy (non-hydrogen) atoms. The van der Waals surface area contributed by atoms with Crippen molar-refractivity contribution in [2.45, 2.75) is 91.4 Å². The molecule has 0 saturated carbocycles. The average molecular weight is 489 g/mol. The maximum atomic E-state index is 13.1. The van der Waals surface area contributed by atoms with E-state index < -0.39 is 18.4 Å². The molecule has 1 unspecified atom stereocenters. The van der Waals surface area contributed by atoms with Crippen molar-refractivity contribution in [3.63, 3.8) is 0 Å². The molecule has 1 aromatic carbocycles. The van der Waals surface area contributed by atoms with Gasteiger partial charge in [-0.1, -0.05) is 45.0 Å². The molecule has 0 spiro atoms. The molecular weight excluding hydrogens is 448 g/mol. The van der Waals surface area contributed by atoms with Gasteiger partial charge in [0, 0.05) is 18.6 Å². The smallest absolute Gasteiger partial charge is 0.237 e. The number of thiazole rings is 1. The van der Waals surface area contributed by atoms with Gasteiger partial charge < -0.3 is 20.8 Å². The number of aromatic nitrogens is 1. The quantitative estimate of drug-likeness (QED) is 0.478. The third-order valence-corrected chi connectivity index (χ3v) is 7.19. The lowest BCUT2D eigenvalue weighted by Gasteiger charge is -2.44. The third kappa shape index (κ3) is 6.64. The van der Waals surface area contributed by atoms with Crippen LogP contribution in [-0.4, -0.2) is 62.5 Å². The number of hydrogen-bond donors (Lipinski definition) is 4. The molecular formula is C26H40N4O3S. The lowest BCUT2D eigenvalue weighted by atomic mass is 9.83. The molecule has 1 saturated heterocycles. The zero-order valence-electron chi connectivity index (χ0n) is 21.4. The van der Waals surface area contributed by atoms with Gasteiger partial charge in [-0.3, -0.25) is 9.69 Å². The second-order valence-corrected chi connectivity index (χ2v) is 12.3. The number of β-amino-alcohol motifs (C(OH)–C–C–N with tert-alkyl or cyclic N) is 1. The molecule has 4 N–H and O–H groups in total. The molecule has 3 rings (SSSR count). The molecule has 0 radical (unpaired) electrons. The van der Waals surface area contributed by atoms with Crippen LogP contribution in [0.2, 0.25) is 0 Å². The number of benzene rings is 1. The Kier molecular flexibility index (Phi) is 8.20. The fraction of sp³-hybridized carbons (Fsp3) is 0.615. The number of amides is 1. The highest BCUT2D eigenvalue weighted by Crippen LogP contribution is 2.30. The Morgan fingerprint density at radius 3 is 2.38 bits per heavy atom. The van der Waals surface area contributed by atoms with Crippen molar-refractivity contribution < 1.29 is 15.0 Å². The van der Waals surface area contributed by atoms with Crippen molar-refractivity contribution in [1.29, 1.82) is 0 Å². The minimum Gasteiger partial charge on any atom is -0.392 e. The summed E-state index contributed by atoms with van der Waals surface area (Å²) in [6.07, 6.45) is -1.25. The number of nitrogens with one attached hydrogen (secondary N) is 2. The first-order chi connectivity index (χ1) is 15.8. The van der Waals surface area contributed by atoms with E-state index in [4.69, 9.17) is 0 Å². The van der Waals surface area contributed by atoms with E-state index in [1.54, 1.807) is 16.2 Å². The highest BCUT2D eigenvalue weighted by Gasteiger charge is 2.45. The van der Waals surface area contributed by atoms with Crippen LogP contribution in [0, 0.1) is 12.3 Å². The molecule has 1 fully saturated rings. The van der Waals surface area contributed by atoms with E-state index in [0.29, 0.717) is 13.0 Å². The lowest BCUT2D eigenvalue weighted by Crippen LogP contribution is -2.62. The first kappa shape index (κ1) is 26.8. The number of aryl methyl sites for hydroxylation is 1. The zero-order chi connectivity index (χ0) is 25.3. The molecule has 8 heteroatoms. The number of aliphatic hydroxyl groups excluding tert-OH is 2. The molecule has 0 aliphatic carbocycles. The molecule has 1 amide bonds. The molecule has 188 valence electrons. The predicted octanol–water partition coefficient (Wildman–Crippen LogP) is 3.29. The second-order valence-electron chi connectivity index (χ2n) is 11.4. The van der Waals surface area contributed by atoms with E-state index in [1.807, 2.05) is 36.7 Å². The maximum Gasteiger partial charge on any atom is 0.237 e. The van der Waals surface area contributed by atoms with E-state index in [1.165, 1.54) is 0 Å². The van der Waals surface area contributed by atoms with Crippen LogP contribution in [0.4, 0.5) is 0 Å². The Bertz CT molecular complexity index is 962. The number of carbonyl (C=O) groups is 1. The average Bonchev–Trinajstić information content (AvgIpc) is 3.34. The summed E-state index contributed by atoms with van der Waals surface area (Å²) in [5.74, 6) is -0.179. The van der Waals surface area contributed by atoms with Gasteiger partial charge in [0.1, 0.15) is 6.23 Å². The summed E-state index contributed by atoms with van der Waals surface area (Å²) in [5.41, 5.74) is 4.50. The predicted molar refractivity (Wildman–Crippen MR) is 137 cm³/mol. The molecule has 1 aromatic heterocycles. The number of likely N-dealkylation sites (tertiary alicyclic amines) is 1. The van der Waals surface area contributed by atoms with Crippen molar-refractivity contribution in [3.8, 4) is 10.4 Å². The fourth-order valence-corrected chi connectivity index (χ4v) is 5.26.